The van der Waals surface area contributed by atoms with Crippen molar-refractivity contribution in [1.29, 1.82) is 0 Å². The van der Waals surface area contributed by atoms with Gasteiger partial charge in [0.1, 0.15) is 0 Å². The highest BCUT2D eigenvalue weighted by atomic mass is 16.3. The summed E-state index contributed by atoms with van der Waals surface area (Å²) in [5, 5.41) is 21.8. The van der Waals surface area contributed by atoms with Crippen LogP contribution in [0.3, 0.4) is 0 Å². The highest BCUT2D eigenvalue weighted by molar-refractivity contribution is 5.11. The lowest BCUT2D eigenvalue weighted by Gasteiger charge is -2.62. The van der Waals surface area contributed by atoms with E-state index < -0.39 is 5.60 Å². The average Bonchev–Trinajstić information content (AvgIpc) is 3.09. The third-order valence-corrected chi connectivity index (χ3v) is 11.3. The molecular formula is C28H46O2. The third kappa shape index (κ3) is 3.47. The Hall–Kier alpha value is -0.520. The molecule has 0 amide bonds. The summed E-state index contributed by atoms with van der Waals surface area (Å²) in [5.74, 6) is 10.3. The Morgan fingerprint density at radius 3 is 2.40 bits per heavy atom. The molecule has 4 aliphatic rings. The first-order valence-electron chi connectivity index (χ1n) is 13.0. The predicted molar refractivity (Wildman–Crippen MR) is 124 cm³/mol. The molecule has 0 aliphatic heterocycles. The summed E-state index contributed by atoms with van der Waals surface area (Å²) in [7, 11) is 0. The topological polar surface area (TPSA) is 40.5 Å². The zero-order chi connectivity index (χ0) is 21.7. The zero-order valence-corrected chi connectivity index (χ0v) is 20.2. The van der Waals surface area contributed by atoms with Gasteiger partial charge in [0, 0.05) is 6.42 Å². The SMILES string of the molecule is CC#CC[C@H](O)[C@@H](C)[C@H]1CC[C@H]2[C@@H]3CC[C@H]4C[C@](O)(CC)CC[C@]4(C)[C@H]3CC[C@]12C. The van der Waals surface area contributed by atoms with Crippen molar-refractivity contribution in [3.05, 3.63) is 0 Å². The number of aliphatic hydroxyl groups is 2. The second kappa shape index (κ2) is 8.12. The standard InChI is InChI=1S/C28H46O2/c1-6-8-9-25(29)19(3)22-12-13-23-21-11-10-20-18-28(30,7-2)17-16-26(20,4)24(21)14-15-27(22,23)5/h19-25,29-30H,7,9-18H2,1-5H3/t19-,20-,21-,22+,23-,24-,25-,26-,27+,28-/m0/s1. The molecule has 0 aromatic rings. The number of fused-ring (bicyclic) bond motifs is 5. The highest BCUT2D eigenvalue weighted by Crippen LogP contribution is 2.69. The van der Waals surface area contributed by atoms with Crippen molar-refractivity contribution < 1.29 is 10.2 Å². The van der Waals surface area contributed by atoms with Crippen molar-refractivity contribution in [3.63, 3.8) is 0 Å². The maximum Gasteiger partial charge on any atom is 0.0677 e. The van der Waals surface area contributed by atoms with Gasteiger partial charge in [0.2, 0.25) is 0 Å². The summed E-state index contributed by atoms with van der Waals surface area (Å²) in [6.07, 6.45) is 12.6. The summed E-state index contributed by atoms with van der Waals surface area (Å²) in [6.45, 7) is 11.5. The van der Waals surface area contributed by atoms with Gasteiger partial charge in [0.25, 0.3) is 0 Å². The number of hydrogen-bond donors (Lipinski definition) is 2. The largest absolute Gasteiger partial charge is 0.392 e. The Balaban J connectivity index is 1.52. The van der Waals surface area contributed by atoms with Crippen LogP contribution in [-0.2, 0) is 0 Å². The summed E-state index contributed by atoms with van der Waals surface area (Å²) in [4.78, 5) is 0. The van der Waals surface area contributed by atoms with Gasteiger partial charge in [0.05, 0.1) is 11.7 Å². The Kier molecular flexibility index (Phi) is 6.13. The van der Waals surface area contributed by atoms with Crippen molar-refractivity contribution in [3.8, 4) is 11.8 Å². The van der Waals surface area contributed by atoms with Crippen molar-refractivity contribution in [2.75, 3.05) is 0 Å². The van der Waals surface area contributed by atoms with Crippen molar-refractivity contribution in [1.82, 2.24) is 0 Å². The van der Waals surface area contributed by atoms with Crippen LogP contribution in [0.25, 0.3) is 0 Å². The molecule has 0 radical (unpaired) electrons. The fourth-order valence-electron chi connectivity index (χ4n) is 9.21. The molecule has 4 saturated carbocycles. The molecule has 170 valence electrons. The predicted octanol–water partition coefficient (Wildman–Crippen LogP) is 6.20. The summed E-state index contributed by atoms with van der Waals surface area (Å²) in [5.41, 5.74) is 0.431. The maximum absolute atomic E-state index is 11.0. The number of rotatable bonds is 4. The lowest BCUT2D eigenvalue weighted by molar-refractivity contribution is -0.154. The van der Waals surface area contributed by atoms with Crippen molar-refractivity contribution in [2.24, 2.45) is 46.3 Å². The van der Waals surface area contributed by atoms with Crippen LogP contribution >= 0.6 is 0 Å². The van der Waals surface area contributed by atoms with E-state index in [9.17, 15) is 10.2 Å². The first-order chi connectivity index (χ1) is 14.2. The monoisotopic (exact) mass is 414 g/mol. The van der Waals surface area contributed by atoms with Crippen LogP contribution in [0.1, 0.15) is 105 Å². The first kappa shape index (κ1) is 22.7. The van der Waals surface area contributed by atoms with Gasteiger partial charge in [-0.25, -0.2) is 0 Å². The molecule has 4 aliphatic carbocycles. The van der Waals surface area contributed by atoms with Gasteiger partial charge in [0.15, 0.2) is 0 Å². The van der Waals surface area contributed by atoms with Gasteiger partial charge in [-0.05, 0) is 117 Å². The average molecular weight is 415 g/mol. The molecule has 2 N–H and O–H groups in total. The molecule has 2 heteroatoms. The molecular weight excluding hydrogens is 368 g/mol. The van der Waals surface area contributed by atoms with E-state index in [4.69, 9.17) is 0 Å². The number of hydrogen-bond acceptors (Lipinski definition) is 2. The summed E-state index contributed by atoms with van der Waals surface area (Å²) >= 11 is 0. The fourth-order valence-corrected chi connectivity index (χ4v) is 9.21. The Morgan fingerprint density at radius 1 is 0.967 bits per heavy atom. The van der Waals surface area contributed by atoms with Crippen LogP contribution in [0, 0.1) is 58.2 Å². The van der Waals surface area contributed by atoms with Crippen LogP contribution < -0.4 is 0 Å². The molecule has 30 heavy (non-hydrogen) atoms. The van der Waals surface area contributed by atoms with Crippen LogP contribution in [0.4, 0.5) is 0 Å². The van der Waals surface area contributed by atoms with Crippen molar-refractivity contribution in [2.45, 2.75) is 117 Å². The van der Waals surface area contributed by atoms with Gasteiger partial charge in [-0.15, -0.1) is 11.8 Å². The van der Waals surface area contributed by atoms with Crippen LogP contribution in [0.2, 0.25) is 0 Å². The van der Waals surface area contributed by atoms with E-state index in [1.54, 1.807) is 0 Å². The van der Waals surface area contributed by atoms with E-state index in [0.29, 0.717) is 35.0 Å². The van der Waals surface area contributed by atoms with E-state index in [-0.39, 0.29) is 6.10 Å². The molecule has 0 unspecified atom stereocenters. The molecule has 0 heterocycles. The normalized spacial score (nSPS) is 49.8. The van der Waals surface area contributed by atoms with Gasteiger partial charge in [-0.2, -0.15) is 0 Å². The second-order valence-corrected chi connectivity index (χ2v) is 12.2. The summed E-state index contributed by atoms with van der Waals surface area (Å²) in [6, 6.07) is 0. The van der Waals surface area contributed by atoms with E-state index in [1.165, 1.54) is 44.9 Å². The minimum absolute atomic E-state index is 0.283. The fraction of sp³-hybridized carbons (Fsp3) is 0.929. The molecule has 0 aromatic heterocycles. The quantitative estimate of drug-likeness (QED) is 0.538. The molecule has 0 bridgehead atoms. The maximum atomic E-state index is 11.0. The summed E-state index contributed by atoms with van der Waals surface area (Å²) < 4.78 is 0. The Bertz CT molecular complexity index is 690. The molecule has 2 nitrogen and oxygen atoms in total. The van der Waals surface area contributed by atoms with Gasteiger partial charge < -0.3 is 10.2 Å². The van der Waals surface area contributed by atoms with Crippen molar-refractivity contribution >= 4 is 0 Å². The van der Waals surface area contributed by atoms with E-state index in [0.717, 1.165) is 37.0 Å². The third-order valence-electron chi connectivity index (χ3n) is 11.3. The molecule has 0 spiro atoms. The van der Waals surface area contributed by atoms with E-state index in [1.807, 2.05) is 6.92 Å². The lowest BCUT2D eigenvalue weighted by Crippen LogP contribution is -2.56. The van der Waals surface area contributed by atoms with Crippen LogP contribution in [-0.4, -0.2) is 21.9 Å². The lowest BCUT2D eigenvalue weighted by atomic mass is 9.43. The minimum atomic E-state index is -0.397. The van der Waals surface area contributed by atoms with E-state index >= 15 is 0 Å². The van der Waals surface area contributed by atoms with E-state index in [2.05, 4.69) is 39.5 Å². The van der Waals surface area contributed by atoms with Gasteiger partial charge in [-0.1, -0.05) is 27.7 Å². The molecule has 0 saturated heterocycles. The zero-order valence-electron chi connectivity index (χ0n) is 20.2. The highest BCUT2D eigenvalue weighted by Gasteiger charge is 2.61. The smallest absolute Gasteiger partial charge is 0.0677 e. The minimum Gasteiger partial charge on any atom is -0.392 e. The van der Waals surface area contributed by atoms with Crippen LogP contribution in [0.15, 0.2) is 0 Å². The molecule has 4 fully saturated rings. The second-order valence-electron chi connectivity index (χ2n) is 12.2. The Labute approximate surface area is 185 Å². The molecule has 4 rings (SSSR count). The Morgan fingerprint density at radius 2 is 1.70 bits per heavy atom. The first-order valence-corrected chi connectivity index (χ1v) is 13.0. The number of aliphatic hydroxyl groups excluding tert-OH is 1. The molecule has 10 atom stereocenters. The van der Waals surface area contributed by atoms with Gasteiger partial charge >= 0.3 is 0 Å². The van der Waals surface area contributed by atoms with Gasteiger partial charge in [-0.3, -0.25) is 0 Å². The molecule has 0 aromatic carbocycles. The van der Waals surface area contributed by atoms with Crippen LogP contribution in [0.5, 0.6) is 0 Å².